The summed E-state index contributed by atoms with van der Waals surface area (Å²) in [5, 5.41) is 10.5. The van der Waals surface area contributed by atoms with Crippen LogP contribution in [0.15, 0.2) is 24.3 Å². The minimum atomic E-state index is -4.37. The number of hydrogen-bond donors (Lipinski definition) is 2. The molecule has 3 N–H and O–H groups in total. The Morgan fingerprint density at radius 1 is 1.00 bits per heavy atom. The minimum Gasteiger partial charge on any atom is -0.383 e. The van der Waals surface area contributed by atoms with Crippen molar-refractivity contribution >= 4 is 0 Å². The topological polar surface area (TPSA) is 46.2 Å². The number of alkyl halides is 3. The highest BCUT2D eigenvalue weighted by Gasteiger charge is 2.41. The third-order valence-electron chi connectivity index (χ3n) is 3.23. The average molecular weight is 261 g/mol. The van der Waals surface area contributed by atoms with Gasteiger partial charge in [-0.3, -0.25) is 0 Å². The second-order valence-corrected chi connectivity index (χ2v) is 5.39. The van der Waals surface area contributed by atoms with Crippen molar-refractivity contribution in [2.24, 2.45) is 11.1 Å². The molecule has 0 aliphatic carbocycles. The van der Waals surface area contributed by atoms with E-state index in [1.807, 2.05) is 0 Å². The maximum absolute atomic E-state index is 12.4. The predicted octanol–water partition coefficient (Wildman–Crippen LogP) is 2.90. The molecule has 0 fully saturated rings. The molecule has 1 atom stereocenters. The van der Waals surface area contributed by atoms with Gasteiger partial charge in [-0.1, -0.05) is 32.9 Å². The molecule has 0 aromatic heterocycles. The van der Waals surface area contributed by atoms with Crippen molar-refractivity contribution in [3.63, 3.8) is 0 Å². The van der Waals surface area contributed by atoms with Crippen molar-refractivity contribution in [2.75, 3.05) is 6.54 Å². The maximum atomic E-state index is 12.4. The van der Waals surface area contributed by atoms with E-state index in [0.29, 0.717) is 5.56 Å². The molecule has 0 amide bonds. The smallest absolute Gasteiger partial charge is 0.383 e. The van der Waals surface area contributed by atoms with Gasteiger partial charge in [0.1, 0.15) is 5.60 Å². The number of benzene rings is 1. The fourth-order valence-corrected chi connectivity index (χ4v) is 1.79. The first kappa shape index (κ1) is 15.0. The highest BCUT2D eigenvalue weighted by Crippen LogP contribution is 2.39. The molecule has 0 aliphatic heterocycles. The van der Waals surface area contributed by atoms with E-state index in [4.69, 9.17) is 5.73 Å². The van der Waals surface area contributed by atoms with Gasteiger partial charge in [-0.2, -0.15) is 13.2 Å². The summed E-state index contributed by atoms with van der Waals surface area (Å²) in [6.45, 7) is 5.31. The second-order valence-electron chi connectivity index (χ2n) is 5.39. The van der Waals surface area contributed by atoms with Gasteiger partial charge in [0.15, 0.2) is 0 Å². The first-order valence-corrected chi connectivity index (χ1v) is 5.62. The summed E-state index contributed by atoms with van der Waals surface area (Å²) in [7, 11) is 0. The Morgan fingerprint density at radius 3 is 1.67 bits per heavy atom. The zero-order valence-electron chi connectivity index (χ0n) is 10.7. The summed E-state index contributed by atoms with van der Waals surface area (Å²) in [6.07, 6.45) is -4.37. The summed E-state index contributed by atoms with van der Waals surface area (Å²) in [4.78, 5) is 0. The zero-order chi connectivity index (χ0) is 14.2. The van der Waals surface area contributed by atoms with Crippen LogP contribution < -0.4 is 5.73 Å². The van der Waals surface area contributed by atoms with Gasteiger partial charge in [0.25, 0.3) is 0 Å². The maximum Gasteiger partial charge on any atom is 0.416 e. The number of rotatable bonds is 2. The Kier molecular flexibility index (Phi) is 3.79. The molecular formula is C13H18F3NO. The molecule has 1 aromatic rings. The lowest BCUT2D eigenvalue weighted by Gasteiger charge is -2.40. The summed E-state index contributed by atoms with van der Waals surface area (Å²) < 4.78 is 37.3. The summed E-state index contributed by atoms with van der Waals surface area (Å²) in [6, 6.07) is 4.48. The van der Waals surface area contributed by atoms with Crippen LogP contribution in [0.3, 0.4) is 0 Å². The van der Waals surface area contributed by atoms with Crippen molar-refractivity contribution < 1.29 is 18.3 Å². The second kappa shape index (κ2) is 4.55. The van der Waals surface area contributed by atoms with Crippen molar-refractivity contribution in [2.45, 2.75) is 32.5 Å². The van der Waals surface area contributed by atoms with Crippen LogP contribution in [0.25, 0.3) is 0 Å². The Morgan fingerprint density at radius 2 is 1.39 bits per heavy atom. The van der Waals surface area contributed by atoms with Gasteiger partial charge in [-0.15, -0.1) is 0 Å². The molecule has 1 rings (SSSR count). The third kappa shape index (κ3) is 2.67. The van der Waals surface area contributed by atoms with Gasteiger partial charge in [0, 0.05) is 6.54 Å². The molecule has 5 heteroatoms. The molecule has 0 spiro atoms. The molecule has 1 aromatic carbocycles. The van der Waals surface area contributed by atoms with E-state index >= 15 is 0 Å². The predicted molar refractivity (Wildman–Crippen MR) is 63.9 cm³/mol. The highest BCUT2D eigenvalue weighted by molar-refractivity contribution is 5.30. The minimum absolute atomic E-state index is 0.0537. The third-order valence-corrected chi connectivity index (χ3v) is 3.23. The molecule has 102 valence electrons. The lowest BCUT2D eigenvalue weighted by atomic mass is 9.72. The number of hydrogen-bond acceptors (Lipinski definition) is 2. The molecule has 18 heavy (non-hydrogen) atoms. The normalized spacial score (nSPS) is 16.4. The van der Waals surface area contributed by atoms with E-state index in [1.54, 1.807) is 20.8 Å². The summed E-state index contributed by atoms with van der Waals surface area (Å²) >= 11 is 0. The van der Waals surface area contributed by atoms with Crippen LogP contribution in [0.5, 0.6) is 0 Å². The SMILES string of the molecule is CC(C)(C)C(O)(CN)c1ccc(C(F)(F)F)cc1. The fourth-order valence-electron chi connectivity index (χ4n) is 1.79. The van der Waals surface area contributed by atoms with Crippen molar-refractivity contribution in [1.29, 1.82) is 0 Å². The molecule has 2 nitrogen and oxygen atoms in total. The van der Waals surface area contributed by atoms with Crippen LogP contribution in [0.2, 0.25) is 0 Å². The van der Waals surface area contributed by atoms with Crippen LogP contribution in [0.4, 0.5) is 13.2 Å². The van der Waals surface area contributed by atoms with Crippen LogP contribution >= 0.6 is 0 Å². The lowest BCUT2D eigenvalue weighted by molar-refractivity contribution is -0.137. The van der Waals surface area contributed by atoms with Crippen LogP contribution in [0, 0.1) is 5.41 Å². The monoisotopic (exact) mass is 261 g/mol. The van der Waals surface area contributed by atoms with Crippen LogP contribution in [-0.2, 0) is 11.8 Å². The molecule has 0 aliphatic rings. The summed E-state index contributed by atoms with van der Waals surface area (Å²) in [5.41, 5.74) is 3.32. The van der Waals surface area contributed by atoms with Gasteiger partial charge < -0.3 is 10.8 Å². The Labute approximate surface area is 105 Å². The molecule has 1 unspecified atom stereocenters. The Hall–Kier alpha value is -1.07. The number of aliphatic hydroxyl groups is 1. The van der Waals surface area contributed by atoms with Crippen LogP contribution in [-0.4, -0.2) is 11.7 Å². The Bertz CT molecular complexity index is 406. The quantitative estimate of drug-likeness (QED) is 0.859. The van der Waals surface area contributed by atoms with Crippen molar-refractivity contribution in [3.8, 4) is 0 Å². The van der Waals surface area contributed by atoms with Crippen molar-refractivity contribution in [3.05, 3.63) is 35.4 Å². The lowest BCUT2D eigenvalue weighted by Crippen LogP contribution is -2.46. The summed E-state index contributed by atoms with van der Waals surface area (Å²) in [5.74, 6) is 0. The van der Waals surface area contributed by atoms with E-state index in [1.165, 1.54) is 12.1 Å². The molecule has 0 saturated heterocycles. The van der Waals surface area contributed by atoms with Crippen molar-refractivity contribution in [1.82, 2.24) is 0 Å². The van der Waals surface area contributed by atoms with Gasteiger partial charge in [-0.25, -0.2) is 0 Å². The van der Waals surface area contributed by atoms with E-state index in [9.17, 15) is 18.3 Å². The number of halogens is 3. The van der Waals surface area contributed by atoms with Gasteiger partial charge in [-0.05, 0) is 23.1 Å². The van der Waals surface area contributed by atoms with E-state index in [0.717, 1.165) is 12.1 Å². The van der Waals surface area contributed by atoms with E-state index in [-0.39, 0.29) is 6.54 Å². The molecular weight excluding hydrogens is 243 g/mol. The van der Waals surface area contributed by atoms with E-state index in [2.05, 4.69) is 0 Å². The number of nitrogens with two attached hydrogens (primary N) is 1. The fraction of sp³-hybridized carbons (Fsp3) is 0.538. The van der Waals surface area contributed by atoms with Gasteiger partial charge in [0.2, 0.25) is 0 Å². The zero-order valence-corrected chi connectivity index (χ0v) is 10.7. The van der Waals surface area contributed by atoms with Gasteiger partial charge >= 0.3 is 6.18 Å². The average Bonchev–Trinajstić information content (AvgIpc) is 2.25. The molecule has 0 heterocycles. The standard InChI is InChI=1S/C13H18F3NO/c1-11(2,3)12(18,8-17)9-4-6-10(7-5-9)13(14,15)16/h4-7,18H,8,17H2,1-3H3. The van der Waals surface area contributed by atoms with Gasteiger partial charge in [0.05, 0.1) is 5.56 Å². The first-order valence-electron chi connectivity index (χ1n) is 5.62. The van der Waals surface area contributed by atoms with E-state index < -0.39 is 22.8 Å². The van der Waals surface area contributed by atoms with Crippen LogP contribution in [0.1, 0.15) is 31.9 Å². The molecule has 0 radical (unpaired) electrons. The molecule has 0 bridgehead atoms. The molecule has 0 saturated carbocycles. The first-order chi connectivity index (χ1) is 8.02. The highest BCUT2D eigenvalue weighted by atomic mass is 19.4. The Balaban J connectivity index is 3.19. The largest absolute Gasteiger partial charge is 0.416 e.